The van der Waals surface area contributed by atoms with E-state index in [4.69, 9.17) is 9.84 Å². The molecule has 2 rings (SSSR count). The Bertz CT molecular complexity index is 586. The lowest BCUT2D eigenvalue weighted by atomic mass is 10.1. The fraction of sp³-hybridized carbons (Fsp3) is 0.600. The van der Waals surface area contributed by atoms with Gasteiger partial charge in [-0.15, -0.1) is 0 Å². The van der Waals surface area contributed by atoms with Crippen LogP contribution in [0.5, 0.6) is 5.88 Å². The van der Waals surface area contributed by atoms with Gasteiger partial charge in [-0.2, -0.15) is 5.10 Å². The Morgan fingerprint density at radius 1 is 1.45 bits per heavy atom. The summed E-state index contributed by atoms with van der Waals surface area (Å²) in [5.41, 5.74) is 1.40. The normalized spacial score (nSPS) is 14.6. The molecule has 0 radical (unpaired) electrons. The van der Waals surface area contributed by atoms with E-state index in [1.54, 1.807) is 4.90 Å². The van der Waals surface area contributed by atoms with Gasteiger partial charge in [0, 0.05) is 13.0 Å². The molecule has 7 nitrogen and oxygen atoms in total. The van der Waals surface area contributed by atoms with Crippen molar-refractivity contribution in [3.05, 3.63) is 23.4 Å². The first-order chi connectivity index (χ1) is 10.2. The third-order valence-corrected chi connectivity index (χ3v) is 3.32. The predicted octanol–water partition coefficient (Wildman–Crippen LogP) is 1.43. The van der Waals surface area contributed by atoms with Crippen LogP contribution in [0.3, 0.4) is 0 Å². The molecule has 0 bridgehead atoms. The number of fused-ring (bicyclic) bond motifs is 1. The first kappa shape index (κ1) is 16.4. The third-order valence-electron chi connectivity index (χ3n) is 3.32. The van der Waals surface area contributed by atoms with E-state index in [2.05, 4.69) is 11.7 Å². The predicted molar refractivity (Wildman–Crippen MR) is 80.5 cm³/mol. The van der Waals surface area contributed by atoms with Gasteiger partial charge >= 0.3 is 6.09 Å². The van der Waals surface area contributed by atoms with Crippen LogP contribution in [0.25, 0.3) is 0 Å². The first-order valence-corrected chi connectivity index (χ1v) is 7.24. The number of amides is 1. The highest BCUT2D eigenvalue weighted by atomic mass is 16.6. The number of nitrogens with zero attached hydrogens (tertiary/aromatic N) is 3. The van der Waals surface area contributed by atoms with Gasteiger partial charge in [0.15, 0.2) is 0 Å². The second-order valence-electron chi connectivity index (χ2n) is 6.47. The van der Waals surface area contributed by atoms with Gasteiger partial charge < -0.3 is 19.8 Å². The molecule has 1 aromatic heterocycles. The fourth-order valence-electron chi connectivity index (χ4n) is 2.27. The summed E-state index contributed by atoms with van der Waals surface area (Å²) in [7, 11) is 0. The van der Waals surface area contributed by atoms with Gasteiger partial charge in [-0.05, 0) is 26.3 Å². The van der Waals surface area contributed by atoms with Crippen molar-refractivity contribution in [2.75, 3.05) is 13.2 Å². The topological polar surface area (TPSA) is 87.8 Å². The zero-order valence-corrected chi connectivity index (χ0v) is 13.3. The van der Waals surface area contributed by atoms with Crippen LogP contribution < -0.4 is 0 Å². The summed E-state index contributed by atoms with van der Waals surface area (Å²) >= 11 is 0. The Balaban J connectivity index is 2.13. The zero-order valence-electron chi connectivity index (χ0n) is 13.3. The van der Waals surface area contributed by atoms with Crippen molar-refractivity contribution in [3.8, 4) is 5.88 Å². The SMILES string of the molecule is C=C(CO)Cn1nc2c(c1O)CN(C(=O)OC(C)(C)C)CC2. The van der Waals surface area contributed by atoms with E-state index in [1.807, 2.05) is 20.8 Å². The number of ether oxygens (including phenoxy) is 1. The van der Waals surface area contributed by atoms with Crippen LogP contribution in [0.1, 0.15) is 32.0 Å². The van der Waals surface area contributed by atoms with E-state index in [-0.39, 0.29) is 25.6 Å². The second kappa shape index (κ2) is 6.00. The molecule has 1 aliphatic heterocycles. The van der Waals surface area contributed by atoms with E-state index in [0.29, 0.717) is 24.1 Å². The van der Waals surface area contributed by atoms with Crippen molar-refractivity contribution in [1.29, 1.82) is 0 Å². The molecular formula is C15H23N3O4. The molecule has 0 aromatic carbocycles. The van der Waals surface area contributed by atoms with Gasteiger partial charge in [0.1, 0.15) is 5.60 Å². The highest BCUT2D eigenvalue weighted by Crippen LogP contribution is 2.28. The maximum absolute atomic E-state index is 12.1. The van der Waals surface area contributed by atoms with Crippen molar-refractivity contribution < 1.29 is 19.7 Å². The summed E-state index contributed by atoms with van der Waals surface area (Å²) in [4.78, 5) is 13.7. The Morgan fingerprint density at radius 2 is 2.14 bits per heavy atom. The number of hydrogen-bond donors (Lipinski definition) is 2. The molecule has 1 aliphatic rings. The highest BCUT2D eigenvalue weighted by molar-refractivity contribution is 5.68. The molecule has 7 heteroatoms. The van der Waals surface area contributed by atoms with Crippen LogP contribution in [-0.4, -0.2) is 49.7 Å². The van der Waals surface area contributed by atoms with E-state index >= 15 is 0 Å². The van der Waals surface area contributed by atoms with Crippen molar-refractivity contribution in [3.63, 3.8) is 0 Å². The van der Waals surface area contributed by atoms with Crippen molar-refractivity contribution >= 4 is 6.09 Å². The number of aliphatic hydroxyl groups is 1. The van der Waals surface area contributed by atoms with Crippen LogP contribution in [0, 0.1) is 0 Å². The average Bonchev–Trinajstić information content (AvgIpc) is 2.73. The van der Waals surface area contributed by atoms with Crippen LogP contribution >= 0.6 is 0 Å². The lowest BCUT2D eigenvalue weighted by Gasteiger charge is -2.29. The smallest absolute Gasteiger partial charge is 0.410 e. The van der Waals surface area contributed by atoms with E-state index in [1.165, 1.54) is 4.68 Å². The standard InChI is InChI=1S/C15H23N3O4/c1-10(9-19)7-18-13(20)11-8-17(6-5-12(11)16-18)14(21)22-15(2,3)4/h19-20H,1,5-9H2,2-4H3. The van der Waals surface area contributed by atoms with Crippen molar-refractivity contribution in [1.82, 2.24) is 14.7 Å². The number of hydrogen-bond acceptors (Lipinski definition) is 5. The monoisotopic (exact) mass is 309 g/mol. The molecule has 0 saturated carbocycles. The van der Waals surface area contributed by atoms with Gasteiger partial charge in [-0.25, -0.2) is 9.48 Å². The lowest BCUT2D eigenvalue weighted by Crippen LogP contribution is -2.39. The molecule has 0 fully saturated rings. The summed E-state index contributed by atoms with van der Waals surface area (Å²) in [5, 5.41) is 23.6. The summed E-state index contributed by atoms with van der Waals surface area (Å²) < 4.78 is 6.76. The minimum absolute atomic E-state index is 0.0119. The van der Waals surface area contributed by atoms with Gasteiger partial charge in [-0.3, -0.25) is 0 Å². The number of aliphatic hydroxyl groups excluding tert-OH is 1. The largest absolute Gasteiger partial charge is 0.493 e. The second-order valence-corrected chi connectivity index (χ2v) is 6.47. The number of aromatic hydroxyl groups is 1. The van der Waals surface area contributed by atoms with Gasteiger partial charge in [-0.1, -0.05) is 6.58 Å². The highest BCUT2D eigenvalue weighted by Gasteiger charge is 2.30. The first-order valence-electron chi connectivity index (χ1n) is 7.24. The molecule has 2 N–H and O–H groups in total. The maximum atomic E-state index is 12.1. The van der Waals surface area contributed by atoms with Gasteiger partial charge in [0.05, 0.1) is 31.0 Å². The van der Waals surface area contributed by atoms with E-state index in [9.17, 15) is 9.90 Å². The van der Waals surface area contributed by atoms with Crippen LogP contribution in [0.4, 0.5) is 4.79 Å². The minimum atomic E-state index is -0.553. The molecule has 0 atom stereocenters. The lowest BCUT2D eigenvalue weighted by molar-refractivity contribution is 0.0222. The molecule has 0 unspecified atom stereocenters. The quantitative estimate of drug-likeness (QED) is 0.825. The van der Waals surface area contributed by atoms with Crippen LogP contribution in [0.2, 0.25) is 0 Å². The maximum Gasteiger partial charge on any atom is 0.410 e. The Kier molecular flexibility index (Phi) is 4.46. The number of rotatable bonds is 3. The van der Waals surface area contributed by atoms with Crippen molar-refractivity contribution in [2.45, 2.75) is 45.9 Å². The molecule has 1 amide bonds. The van der Waals surface area contributed by atoms with Crippen LogP contribution in [-0.2, 0) is 24.2 Å². The molecular weight excluding hydrogens is 286 g/mol. The van der Waals surface area contributed by atoms with E-state index in [0.717, 1.165) is 5.69 Å². The minimum Gasteiger partial charge on any atom is -0.493 e. The van der Waals surface area contributed by atoms with E-state index < -0.39 is 11.7 Å². The number of aromatic nitrogens is 2. The molecule has 122 valence electrons. The molecule has 0 aliphatic carbocycles. The third kappa shape index (κ3) is 3.59. The summed E-state index contributed by atoms with van der Waals surface area (Å²) in [5.74, 6) is 0.0119. The van der Waals surface area contributed by atoms with Crippen molar-refractivity contribution in [2.24, 2.45) is 0 Å². The Morgan fingerprint density at radius 3 is 2.73 bits per heavy atom. The summed E-state index contributed by atoms with van der Waals surface area (Å²) in [6.07, 6.45) is 0.158. The molecule has 0 saturated heterocycles. The average molecular weight is 309 g/mol. The Labute approximate surface area is 129 Å². The van der Waals surface area contributed by atoms with Gasteiger partial charge in [0.2, 0.25) is 5.88 Å². The van der Waals surface area contributed by atoms with Crippen LogP contribution in [0.15, 0.2) is 12.2 Å². The fourth-order valence-corrected chi connectivity index (χ4v) is 2.27. The Hall–Kier alpha value is -2.02. The molecule has 2 heterocycles. The number of carbonyl (C=O) groups excluding carboxylic acids is 1. The summed E-state index contributed by atoms with van der Waals surface area (Å²) in [6, 6.07) is 0. The number of carbonyl (C=O) groups is 1. The molecule has 0 spiro atoms. The molecule has 1 aromatic rings. The van der Waals surface area contributed by atoms with Gasteiger partial charge in [0.25, 0.3) is 0 Å². The zero-order chi connectivity index (χ0) is 16.5. The summed E-state index contributed by atoms with van der Waals surface area (Å²) in [6.45, 7) is 10.00. The molecule has 22 heavy (non-hydrogen) atoms.